The number of anilines is 1. The molecule has 1 aliphatic heterocycles. The van der Waals surface area contributed by atoms with Gasteiger partial charge in [-0.05, 0) is 37.7 Å². The van der Waals surface area contributed by atoms with E-state index >= 15 is 0 Å². The number of esters is 1. The largest absolute Gasteiger partial charge is 0.463 e. The quantitative estimate of drug-likeness (QED) is 0.528. The number of aromatic amines is 2. The molecule has 148 valence electrons. The van der Waals surface area contributed by atoms with E-state index in [4.69, 9.17) is 17.0 Å². The van der Waals surface area contributed by atoms with Gasteiger partial charge in [0.15, 0.2) is 4.77 Å². The summed E-state index contributed by atoms with van der Waals surface area (Å²) in [5.74, 6) is -1.95. The molecule has 1 aromatic heterocycles. The molecule has 1 aliphatic rings. The Balaban J connectivity index is 2.37. The molecule has 0 saturated carbocycles. The third kappa shape index (κ3) is 3.47. The molecule has 1 atom stereocenters. The minimum atomic E-state index is -4.68. The first-order valence-electron chi connectivity index (χ1n) is 8.32. The first-order valence-corrected chi connectivity index (χ1v) is 8.73. The van der Waals surface area contributed by atoms with Crippen molar-refractivity contribution < 1.29 is 22.7 Å². The number of rotatable bonds is 3. The predicted molar refractivity (Wildman–Crippen MR) is 98.5 cm³/mol. The molecule has 0 fully saturated rings. The molecule has 0 spiro atoms. The summed E-state index contributed by atoms with van der Waals surface area (Å²) in [7, 11) is 0. The fraction of sp³-hybridized carbons (Fsp3) is 0.278. The van der Waals surface area contributed by atoms with Gasteiger partial charge < -0.3 is 15.0 Å². The molecule has 0 unspecified atom stereocenters. The van der Waals surface area contributed by atoms with Crippen molar-refractivity contribution in [1.82, 2.24) is 9.97 Å². The maximum Gasteiger partial charge on any atom is 0.416 e. The van der Waals surface area contributed by atoms with Crippen LogP contribution in [0.5, 0.6) is 0 Å². The highest BCUT2D eigenvalue weighted by Gasteiger charge is 2.41. The van der Waals surface area contributed by atoms with E-state index in [0.717, 1.165) is 6.07 Å². The van der Waals surface area contributed by atoms with Gasteiger partial charge in [-0.25, -0.2) is 4.79 Å². The van der Waals surface area contributed by atoms with Crippen molar-refractivity contribution >= 4 is 24.0 Å². The number of nitrogens with one attached hydrogen (secondary N) is 3. The summed E-state index contributed by atoms with van der Waals surface area (Å²) in [4.78, 5) is 30.3. The number of allylic oxidation sites excluding steroid dienone is 1. The monoisotopic (exact) mass is 411 g/mol. The normalized spacial score (nSPS) is 16.4. The Hall–Kier alpha value is -2.88. The standard InChI is InChI=1S/C18H16F3N3O3S/c1-3-27-16(26)11-8(2)22-14-13(15(25)24-17(28)23-14)12(11)9-6-4-5-7-10(9)18(19,20)21/h4-7,12H,3H2,1-2H3,(H3,22,23,24,25,28)/t12-/m0/s1. The molecule has 2 aromatic rings. The lowest BCUT2D eigenvalue weighted by atomic mass is 9.80. The number of carbonyl (C=O) groups is 1. The molecular formula is C18H16F3N3O3S. The van der Waals surface area contributed by atoms with Gasteiger partial charge >= 0.3 is 12.1 Å². The van der Waals surface area contributed by atoms with Crippen LogP contribution in [0.1, 0.15) is 36.5 Å². The third-order valence-corrected chi connectivity index (χ3v) is 4.55. The van der Waals surface area contributed by atoms with Crippen molar-refractivity contribution in [1.29, 1.82) is 0 Å². The SMILES string of the molecule is CCOC(=O)C1=C(C)Nc2[nH]c(=S)[nH]c(=O)c2[C@H]1c1ccccc1C(F)(F)F. The van der Waals surface area contributed by atoms with E-state index in [9.17, 15) is 22.8 Å². The molecule has 0 amide bonds. The van der Waals surface area contributed by atoms with Crippen LogP contribution in [0, 0.1) is 4.77 Å². The van der Waals surface area contributed by atoms with Crippen molar-refractivity contribution in [2.45, 2.75) is 25.9 Å². The number of hydrogen-bond donors (Lipinski definition) is 3. The van der Waals surface area contributed by atoms with Crippen molar-refractivity contribution in [2.75, 3.05) is 11.9 Å². The number of benzene rings is 1. The smallest absolute Gasteiger partial charge is 0.416 e. The van der Waals surface area contributed by atoms with E-state index in [1.165, 1.54) is 25.1 Å². The zero-order valence-electron chi connectivity index (χ0n) is 14.9. The maximum atomic E-state index is 13.7. The van der Waals surface area contributed by atoms with E-state index in [1.54, 1.807) is 6.92 Å². The fourth-order valence-electron chi connectivity index (χ4n) is 3.28. The van der Waals surface area contributed by atoms with Crippen molar-refractivity contribution in [3.63, 3.8) is 0 Å². The first kappa shape index (κ1) is 19.9. The van der Waals surface area contributed by atoms with Crippen LogP contribution in [-0.2, 0) is 15.7 Å². The lowest BCUT2D eigenvalue weighted by Crippen LogP contribution is -2.32. The zero-order chi connectivity index (χ0) is 20.6. The Bertz CT molecular complexity index is 1090. The van der Waals surface area contributed by atoms with Crippen molar-refractivity contribution in [3.05, 3.63) is 67.4 Å². The summed E-state index contributed by atoms with van der Waals surface area (Å²) in [5.41, 5.74) is -1.73. The second kappa shape index (κ2) is 7.27. The Kier molecular flexibility index (Phi) is 5.16. The molecule has 1 aromatic carbocycles. The zero-order valence-corrected chi connectivity index (χ0v) is 15.7. The number of ether oxygens (including phenoxy) is 1. The second-order valence-electron chi connectivity index (χ2n) is 6.10. The van der Waals surface area contributed by atoms with Crippen LogP contribution in [-0.4, -0.2) is 22.5 Å². The summed E-state index contributed by atoms with van der Waals surface area (Å²) in [6.45, 7) is 3.14. The molecule has 0 saturated heterocycles. The highest BCUT2D eigenvalue weighted by molar-refractivity contribution is 7.71. The molecule has 10 heteroatoms. The van der Waals surface area contributed by atoms with E-state index in [0.29, 0.717) is 0 Å². The Morgan fingerprint density at radius 2 is 1.93 bits per heavy atom. The fourth-order valence-corrected chi connectivity index (χ4v) is 3.48. The van der Waals surface area contributed by atoms with Gasteiger partial charge in [-0.1, -0.05) is 18.2 Å². The second-order valence-corrected chi connectivity index (χ2v) is 6.51. The van der Waals surface area contributed by atoms with Crippen LogP contribution in [0.2, 0.25) is 0 Å². The van der Waals surface area contributed by atoms with Gasteiger partial charge in [-0.15, -0.1) is 0 Å². The lowest BCUT2D eigenvalue weighted by Gasteiger charge is -2.30. The average Bonchev–Trinajstić information content (AvgIpc) is 2.59. The van der Waals surface area contributed by atoms with E-state index in [-0.39, 0.29) is 39.6 Å². The number of fused-ring (bicyclic) bond motifs is 1. The van der Waals surface area contributed by atoms with Crippen molar-refractivity contribution in [3.8, 4) is 0 Å². The molecule has 3 rings (SSSR count). The first-order chi connectivity index (χ1) is 13.1. The molecule has 3 N–H and O–H groups in total. The lowest BCUT2D eigenvalue weighted by molar-refractivity contribution is -0.140. The Morgan fingerprint density at radius 1 is 1.25 bits per heavy atom. The van der Waals surface area contributed by atoms with Crippen LogP contribution in [0.15, 0.2) is 40.3 Å². The van der Waals surface area contributed by atoms with Gasteiger partial charge in [-0.2, -0.15) is 13.2 Å². The number of hydrogen-bond acceptors (Lipinski definition) is 5. The molecule has 0 bridgehead atoms. The van der Waals surface area contributed by atoms with E-state index in [1.807, 2.05) is 0 Å². The summed E-state index contributed by atoms with van der Waals surface area (Å²) >= 11 is 4.95. The number of halogens is 3. The molecular weight excluding hydrogens is 395 g/mol. The highest BCUT2D eigenvalue weighted by atomic mass is 32.1. The van der Waals surface area contributed by atoms with Crippen LogP contribution in [0.25, 0.3) is 0 Å². The predicted octanol–water partition coefficient (Wildman–Crippen LogP) is 3.85. The number of H-pyrrole nitrogens is 2. The number of carbonyl (C=O) groups excluding carboxylic acids is 1. The number of alkyl halides is 3. The highest BCUT2D eigenvalue weighted by Crippen LogP contribution is 2.44. The minimum Gasteiger partial charge on any atom is -0.463 e. The summed E-state index contributed by atoms with van der Waals surface area (Å²) < 4.78 is 46.0. The Morgan fingerprint density at radius 3 is 2.57 bits per heavy atom. The van der Waals surface area contributed by atoms with Gasteiger partial charge in [0.05, 0.1) is 29.2 Å². The number of aromatic nitrogens is 2. The van der Waals surface area contributed by atoms with E-state index < -0.39 is 29.2 Å². The van der Waals surface area contributed by atoms with Gasteiger partial charge in [0.25, 0.3) is 5.56 Å². The van der Waals surface area contributed by atoms with Crippen LogP contribution < -0.4 is 10.9 Å². The molecule has 2 heterocycles. The van der Waals surface area contributed by atoms with Gasteiger partial charge in [-0.3, -0.25) is 9.78 Å². The third-order valence-electron chi connectivity index (χ3n) is 4.35. The summed E-state index contributed by atoms with van der Waals surface area (Å²) in [5, 5.41) is 2.84. The molecule has 28 heavy (non-hydrogen) atoms. The molecule has 0 aliphatic carbocycles. The van der Waals surface area contributed by atoms with Gasteiger partial charge in [0.2, 0.25) is 0 Å². The van der Waals surface area contributed by atoms with Crippen LogP contribution in [0.4, 0.5) is 19.0 Å². The van der Waals surface area contributed by atoms with Gasteiger partial charge in [0.1, 0.15) is 5.82 Å². The maximum absolute atomic E-state index is 13.7. The minimum absolute atomic E-state index is 0.00601. The molecule has 6 nitrogen and oxygen atoms in total. The topological polar surface area (TPSA) is 87.0 Å². The van der Waals surface area contributed by atoms with Crippen LogP contribution >= 0.6 is 12.2 Å². The Labute approximate surface area is 162 Å². The molecule has 0 radical (unpaired) electrons. The summed E-state index contributed by atoms with van der Waals surface area (Å²) in [6.07, 6.45) is -4.68. The van der Waals surface area contributed by atoms with Crippen LogP contribution in [0.3, 0.4) is 0 Å². The summed E-state index contributed by atoms with van der Waals surface area (Å²) in [6, 6.07) is 4.83. The average molecular weight is 411 g/mol. The van der Waals surface area contributed by atoms with E-state index in [2.05, 4.69) is 15.3 Å². The van der Waals surface area contributed by atoms with Gasteiger partial charge in [0, 0.05) is 5.70 Å². The van der Waals surface area contributed by atoms with Crippen molar-refractivity contribution in [2.24, 2.45) is 0 Å².